The Hall–Kier alpha value is -0.586. The predicted octanol–water partition coefficient (Wildman–Crippen LogP) is 5.44. The second-order valence-electron chi connectivity index (χ2n) is 11.7. The van der Waals surface area contributed by atoms with Crippen molar-refractivity contribution in [2.24, 2.45) is 5.92 Å². The molecule has 5 atom stereocenters. The van der Waals surface area contributed by atoms with Crippen LogP contribution in [0.3, 0.4) is 0 Å². The number of Topliss-reactive ketones (excluding diaryl/α,β-unsaturated/α-hetero) is 1. The lowest BCUT2D eigenvalue weighted by molar-refractivity contribution is -0.164. The van der Waals surface area contributed by atoms with E-state index in [4.69, 9.17) is 23.1 Å². The minimum absolute atomic E-state index is 0.127. The number of hydrogen-bond acceptors (Lipinski definition) is 7. The monoisotopic (exact) mass is 516 g/mol. The van der Waals surface area contributed by atoms with Crippen LogP contribution in [0.25, 0.3) is 0 Å². The van der Waals surface area contributed by atoms with Crippen LogP contribution < -0.4 is 0 Å². The molecule has 9 heteroatoms. The number of hydrogen-bond donors (Lipinski definition) is 0. The summed E-state index contributed by atoms with van der Waals surface area (Å²) in [4.78, 5) is 27.0. The van der Waals surface area contributed by atoms with E-state index in [2.05, 4.69) is 54.6 Å². The smallest absolute Gasteiger partial charge is 0.334 e. The van der Waals surface area contributed by atoms with Gasteiger partial charge in [-0.25, -0.2) is 4.79 Å². The molecule has 0 aromatic heterocycles. The third-order valence-electron chi connectivity index (χ3n) is 8.07. The first-order valence-electron chi connectivity index (χ1n) is 13.0. The Kier molecular flexibility index (Phi) is 9.42. The fourth-order valence-electron chi connectivity index (χ4n) is 4.71. The first-order chi connectivity index (χ1) is 15.6. The van der Waals surface area contributed by atoms with Crippen molar-refractivity contribution < 1.29 is 32.7 Å². The number of ketones is 1. The average molecular weight is 517 g/mol. The quantitative estimate of drug-likeness (QED) is 0.282. The summed E-state index contributed by atoms with van der Waals surface area (Å²) in [5, 5.41) is -0.127. The topological polar surface area (TPSA) is 80.3 Å². The average Bonchev–Trinajstić information content (AvgIpc) is 3.07. The van der Waals surface area contributed by atoms with Crippen LogP contribution in [0.2, 0.25) is 36.3 Å². The molecular weight excluding hydrogens is 468 g/mol. The highest BCUT2D eigenvalue weighted by atomic mass is 28.4. The predicted molar refractivity (Wildman–Crippen MR) is 138 cm³/mol. The Morgan fingerprint density at radius 1 is 1.09 bits per heavy atom. The van der Waals surface area contributed by atoms with Gasteiger partial charge in [0, 0.05) is 0 Å². The fraction of sp³-hybridized carbons (Fsp3) is 0.920. The van der Waals surface area contributed by atoms with Gasteiger partial charge in [0.05, 0.1) is 18.6 Å². The second kappa shape index (κ2) is 10.8. The lowest BCUT2D eigenvalue weighted by Crippen LogP contribution is -2.59. The van der Waals surface area contributed by atoms with E-state index in [1.165, 1.54) is 0 Å². The molecule has 1 aliphatic heterocycles. The summed E-state index contributed by atoms with van der Waals surface area (Å²) < 4.78 is 31.2. The van der Waals surface area contributed by atoms with Crippen molar-refractivity contribution in [2.45, 2.75) is 135 Å². The van der Waals surface area contributed by atoms with Gasteiger partial charge in [-0.2, -0.15) is 0 Å². The molecule has 34 heavy (non-hydrogen) atoms. The first kappa shape index (κ1) is 29.6. The summed E-state index contributed by atoms with van der Waals surface area (Å²) >= 11 is 0. The van der Waals surface area contributed by atoms with Crippen LogP contribution in [0, 0.1) is 5.92 Å². The molecule has 1 saturated carbocycles. The molecule has 1 saturated heterocycles. The van der Waals surface area contributed by atoms with Crippen molar-refractivity contribution in [3.63, 3.8) is 0 Å². The van der Waals surface area contributed by atoms with Gasteiger partial charge in [-0.15, -0.1) is 0 Å². The third kappa shape index (κ3) is 6.21. The highest BCUT2D eigenvalue weighted by Gasteiger charge is 2.58. The molecule has 1 heterocycles. The van der Waals surface area contributed by atoms with Crippen molar-refractivity contribution in [1.29, 1.82) is 0 Å². The molecule has 1 aliphatic carbocycles. The summed E-state index contributed by atoms with van der Waals surface area (Å²) in [5.74, 6) is -2.22. The molecule has 0 radical (unpaired) electrons. The van der Waals surface area contributed by atoms with E-state index in [0.717, 1.165) is 18.1 Å². The first-order valence-corrected chi connectivity index (χ1v) is 18.4. The van der Waals surface area contributed by atoms with Crippen molar-refractivity contribution in [3.8, 4) is 0 Å². The number of carbonyl (C=O) groups excluding carboxylic acids is 2. The maximum Gasteiger partial charge on any atom is 0.334 e. The van der Waals surface area contributed by atoms with E-state index < -0.39 is 52.6 Å². The van der Waals surface area contributed by atoms with E-state index in [1.54, 1.807) is 6.92 Å². The summed E-state index contributed by atoms with van der Waals surface area (Å²) in [6, 6.07) is 2.95. The fourth-order valence-corrected chi connectivity index (χ4v) is 8.84. The lowest BCUT2D eigenvalue weighted by atomic mass is 9.79. The third-order valence-corrected chi connectivity index (χ3v) is 17.2. The van der Waals surface area contributed by atoms with Crippen molar-refractivity contribution >= 4 is 28.4 Å². The number of esters is 1. The van der Waals surface area contributed by atoms with E-state index >= 15 is 0 Å². The van der Waals surface area contributed by atoms with Gasteiger partial charge in [-0.3, -0.25) is 4.79 Å². The molecule has 0 bridgehead atoms. The minimum Gasteiger partial charge on any atom is -0.464 e. The van der Waals surface area contributed by atoms with E-state index in [0.29, 0.717) is 6.42 Å². The number of ether oxygens (including phenoxy) is 3. The molecule has 7 nitrogen and oxygen atoms in total. The second-order valence-corrected chi connectivity index (χ2v) is 21.2. The van der Waals surface area contributed by atoms with Crippen LogP contribution in [0.4, 0.5) is 0 Å². The summed E-state index contributed by atoms with van der Waals surface area (Å²) in [6.07, 6.45) is -2.21. The standard InChI is InChI=1S/C25H48O7Si2/c1-12-28-23(27)20(32-33(10,11)24(5,6)7)17-16-18(31-34(13-2,14-3)15-4)21-22(19(17)26)30-25(8,9)29-21/h17-18,20-22H,12-16H2,1-11H3/t17-,18-,20-,21-,22+/m1/s1. The molecule has 0 aromatic rings. The van der Waals surface area contributed by atoms with Gasteiger partial charge < -0.3 is 23.1 Å². The SMILES string of the molecule is CCOC(=O)[C@H](O[Si](C)(C)C(C)(C)C)[C@@H]1C[C@@H](O[Si](CC)(CC)CC)[C@H]2OC(C)(C)O[C@H]2C1=O. The summed E-state index contributed by atoms with van der Waals surface area (Å²) in [7, 11) is -4.39. The van der Waals surface area contributed by atoms with E-state index in [-0.39, 0.29) is 23.5 Å². The molecule has 2 fully saturated rings. The Labute approximate surface area is 208 Å². The molecule has 0 amide bonds. The van der Waals surface area contributed by atoms with Crippen LogP contribution in [0.15, 0.2) is 0 Å². The van der Waals surface area contributed by atoms with Crippen molar-refractivity contribution in [2.75, 3.05) is 6.61 Å². The highest BCUT2D eigenvalue weighted by Crippen LogP contribution is 2.44. The van der Waals surface area contributed by atoms with Gasteiger partial charge in [-0.1, -0.05) is 41.5 Å². The Bertz CT molecular complexity index is 719. The Morgan fingerprint density at radius 3 is 2.12 bits per heavy atom. The molecule has 0 unspecified atom stereocenters. The van der Waals surface area contributed by atoms with Crippen LogP contribution >= 0.6 is 0 Å². The zero-order valence-electron chi connectivity index (χ0n) is 23.3. The van der Waals surface area contributed by atoms with Gasteiger partial charge in [0.25, 0.3) is 0 Å². The van der Waals surface area contributed by atoms with Gasteiger partial charge in [0.2, 0.25) is 0 Å². The molecule has 0 spiro atoms. The molecule has 0 aromatic carbocycles. The van der Waals surface area contributed by atoms with Crippen molar-refractivity contribution in [3.05, 3.63) is 0 Å². The maximum atomic E-state index is 13.8. The number of fused-ring (bicyclic) bond motifs is 1. The summed E-state index contributed by atoms with van der Waals surface area (Å²) in [5.41, 5.74) is 0. The highest BCUT2D eigenvalue weighted by molar-refractivity contribution is 6.74. The van der Waals surface area contributed by atoms with Crippen LogP contribution in [-0.4, -0.2) is 65.2 Å². The normalized spacial score (nSPS) is 28.5. The van der Waals surface area contributed by atoms with Crippen LogP contribution in [0.1, 0.15) is 68.7 Å². The number of rotatable bonds is 10. The van der Waals surface area contributed by atoms with Crippen LogP contribution in [-0.2, 0) is 32.7 Å². The Balaban J connectivity index is 2.49. The zero-order chi connectivity index (χ0) is 26.1. The lowest BCUT2D eigenvalue weighted by Gasteiger charge is -2.44. The maximum absolute atomic E-state index is 13.8. The molecule has 2 rings (SSSR count). The van der Waals surface area contributed by atoms with Crippen molar-refractivity contribution in [1.82, 2.24) is 0 Å². The zero-order valence-corrected chi connectivity index (χ0v) is 25.3. The van der Waals surface area contributed by atoms with Gasteiger partial charge in [0.15, 0.2) is 34.3 Å². The van der Waals surface area contributed by atoms with E-state index in [9.17, 15) is 9.59 Å². The van der Waals surface area contributed by atoms with Gasteiger partial charge >= 0.3 is 5.97 Å². The summed E-state index contributed by atoms with van der Waals surface area (Å²) in [6.45, 7) is 22.7. The molecule has 2 aliphatic rings. The molecule has 198 valence electrons. The van der Waals surface area contributed by atoms with E-state index in [1.807, 2.05) is 13.8 Å². The molecule has 0 N–H and O–H groups in total. The number of carbonyl (C=O) groups is 2. The largest absolute Gasteiger partial charge is 0.464 e. The Morgan fingerprint density at radius 2 is 1.65 bits per heavy atom. The minimum atomic E-state index is -2.38. The molecular formula is C25H48O7Si2. The van der Waals surface area contributed by atoms with Crippen LogP contribution in [0.5, 0.6) is 0 Å². The van der Waals surface area contributed by atoms with Gasteiger partial charge in [0.1, 0.15) is 12.2 Å². The van der Waals surface area contributed by atoms with Gasteiger partial charge in [-0.05, 0) is 63.5 Å².